The minimum absolute atomic E-state index is 0.121. The number of hydrogen-bond acceptors (Lipinski definition) is 9. The van der Waals surface area contributed by atoms with Crippen LogP contribution in [0.4, 0.5) is 4.79 Å². The van der Waals surface area contributed by atoms with Crippen molar-refractivity contribution in [2.24, 2.45) is 11.8 Å². The van der Waals surface area contributed by atoms with Crippen molar-refractivity contribution in [3.8, 4) is 0 Å². The second kappa shape index (κ2) is 37.9. The van der Waals surface area contributed by atoms with Crippen LogP contribution in [-0.2, 0) is 33.3 Å². The number of esters is 1. The Bertz CT molecular complexity index is 907. The monoisotopic (exact) mass is 754 g/mol. The number of carbonyl (C=O) groups excluding carboxylic acids is 2. The molecule has 0 fully saturated rings. The first-order chi connectivity index (χ1) is 25.7. The summed E-state index contributed by atoms with van der Waals surface area (Å²) >= 11 is 0. The molecule has 2 atom stereocenters. The quantitative estimate of drug-likeness (QED) is 0.0282. The minimum Gasteiger partial charge on any atom is -0.481 e. The van der Waals surface area contributed by atoms with Gasteiger partial charge in [-0.3, -0.25) is 4.79 Å². The molecule has 310 valence electrons. The molecule has 0 spiro atoms. The van der Waals surface area contributed by atoms with Gasteiger partial charge in [0.15, 0.2) is 0 Å². The van der Waals surface area contributed by atoms with Crippen LogP contribution in [0.3, 0.4) is 0 Å². The van der Waals surface area contributed by atoms with Gasteiger partial charge in [0.25, 0.3) is 6.29 Å². The maximum Gasteiger partial charge on any atom is 0.508 e. The fourth-order valence-corrected chi connectivity index (χ4v) is 5.74. The van der Waals surface area contributed by atoms with E-state index in [-0.39, 0.29) is 26.2 Å². The normalized spacial score (nSPS) is 13.0. The van der Waals surface area contributed by atoms with Crippen LogP contribution >= 0.6 is 0 Å². The third-order valence-electron chi connectivity index (χ3n) is 9.10. The molecule has 10 heteroatoms. The lowest BCUT2D eigenvalue weighted by Crippen LogP contribution is -2.33. The smallest absolute Gasteiger partial charge is 0.481 e. The number of unbranched alkanes of at least 4 members (excludes halogenated alkanes) is 15. The van der Waals surface area contributed by atoms with Crippen LogP contribution in [0.1, 0.15) is 162 Å². The van der Waals surface area contributed by atoms with Gasteiger partial charge >= 0.3 is 18.1 Å². The molecule has 2 unspecified atom stereocenters. The third kappa shape index (κ3) is 33.8. The summed E-state index contributed by atoms with van der Waals surface area (Å²) in [6.45, 7) is 7.79. The lowest BCUT2D eigenvalue weighted by molar-refractivity contribution is -0.197. The highest BCUT2D eigenvalue weighted by molar-refractivity contribution is 5.73. The molecule has 0 saturated carbocycles. The molecule has 1 N–H and O–H groups in total. The lowest BCUT2D eigenvalue weighted by atomic mass is 9.90. The van der Waals surface area contributed by atoms with E-state index in [1.165, 1.54) is 32.1 Å². The Morgan fingerprint density at radius 2 is 1.11 bits per heavy atom. The van der Waals surface area contributed by atoms with Crippen molar-refractivity contribution in [2.75, 3.05) is 53.7 Å². The van der Waals surface area contributed by atoms with E-state index in [0.29, 0.717) is 26.2 Å². The SMILES string of the molecule is CCCCC/C=C\C/C=C\CCCCCCC(CC(COC(=O)OCCN(C)C)COC(=O)C(OCCCCCCC)OCCCCCCC)C(=O)O. The van der Waals surface area contributed by atoms with Gasteiger partial charge in [0.1, 0.15) is 13.2 Å². The van der Waals surface area contributed by atoms with Gasteiger partial charge in [-0.1, -0.05) is 129 Å². The van der Waals surface area contributed by atoms with E-state index in [1.54, 1.807) is 0 Å². The van der Waals surface area contributed by atoms with E-state index in [9.17, 15) is 19.5 Å². The number of ether oxygens (including phenoxy) is 5. The largest absolute Gasteiger partial charge is 0.508 e. The van der Waals surface area contributed by atoms with E-state index < -0.39 is 36.2 Å². The second-order valence-corrected chi connectivity index (χ2v) is 14.5. The Balaban J connectivity index is 5.13. The number of aliphatic carboxylic acids is 1. The molecule has 53 heavy (non-hydrogen) atoms. The number of carboxylic acid groups (broad SMARTS) is 1. The Kier molecular flexibility index (Phi) is 36.1. The highest BCUT2D eigenvalue weighted by atomic mass is 16.7. The van der Waals surface area contributed by atoms with Crippen LogP contribution in [-0.4, -0.2) is 88.1 Å². The van der Waals surface area contributed by atoms with E-state index in [1.807, 2.05) is 19.0 Å². The number of rotatable bonds is 38. The minimum atomic E-state index is -1.15. The van der Waals surface area contributed by atoms with Crippen molar-refractivity contribution in [2.45, 2.75) is 168 Å². The average molecular weight is 754 g/mol. The van der Waals surface area contributed by atoms with Crippen LogP contribution in [0.5, 0.6) is 0 Å². The summed E-state index contributed by atoms with van der Waals surface area (Å²) < 4.78 is 27.9. The zero-order valence-corrected chi connectivity index (χ0v) is 34.5. The number of carboxylic acids is 1. The van der Waals surface area contributed by atoms with Crippen molar-refractivity contribution >= 4 is 18.1 Å². The molecule has 10 nitrogen and oxygen atoms in total. The Morgan fingerprint density at radius 1 is 0.604 bits per heavy atom. The first kappa shape index (κ1) is 50.6. The van der Waals surface area contributed by atoms with E-state index in [4.69, 9.17) is 23.7 Å². The first-order valence-electron chi connectivity index (χ1n) is 21.1. The molecule has 0 radical (unpaired) electrons. The van der Waals surface area contributed by atoms with E-state index >= 15 is 0 Å². The molecule has 0 rings (SSSR count). The number of carbonyl (C=O) groups is 3. The fraction of sp³-hybridized carbons (Fsp3) is 0.837. The van der Waals surface area contributed by atoms with Gasteiger partial charge in [-0.25, -0.2) is 9.59 Å². The second-order valence-electron chi connectivity index (χ2n) is 14.5. The summed E-state index contributed by atoms with van der Waals surface area (Å²) in [6, 6.07) is 0. The van der Waals surface area contributed by atoms with E-state index in [0.717, 1.165) is 96.3 Å². The summed E-state index contributed by atoms with van der Waals surface area (Å²) in [6.07, 6.45) is 29.0. The predicted octanol–water partition coefficient (Wildman–Crippen LogP) is 10.7. The number of hydrogen-bond donors (Lipinski definition) is 1. The molecular formula is C43H79NO9. The Hall–Kier alpha value is -2.43. The summed E-state index contributed by atoms with van der Waals surface area (Å²) in [5, 5.41) is 10.1. The molecule has 0 aromatic rings. The van der Waals surface area contributed by atoms with Gasteiger partial charge in [0.05, 0.1) is 25.7 Å². The number of likely N-dealkylation sites (N-methyl/N-ethyl adjacent to an activating group) is 1. The first-order valence-corrected chi connectivity index (χ1v) is 21.1. The van der Waals surface area contributed by atoms with Gasteiger partial charge in [0.2, 0.25) is 0 Å². The fourth-order valence-electron chi connectivity index (χ4n) is 5.74. The molecule has 0 aliphatic heterocycles. The standard InChI is InChI=1S/C43H79NO9/c1-6-9-12-15-16-17-18-19-20-21-22-23-24-27-30-39(40(45)46)35-38(37-53-43(48)51-34-31-44(4)5)36-52-41(47)42(49-32-28-25-13-10-7-2)50-33-29-26-14-11-8-3/h16-17,19-20,38-39,42H,6-15,18,21-37H2,1-5H3,(H,45,46)/b17-16-,20-19-. The molecule has 0 heterocycles. The topological polar surface area (TPSA) is 121 Å². The number of allylic oxidation sites excluding steroid dienone is 4. The predicted molar refractivity (Wildman–Crippen MR) is 214 cm³/mol. The Labute approximate surface area is 323 Å². The summed E-state index contributed by atoms with van der Waals surface area (Å²) in [4.78, 5) is 39.7. The van der Waals surface area contributed by atoms with Crippen molar-refractivity contribution in [1.29, 1.82) is 0 Å². The maximum absolute atomic E-state index is 13.2. The zero-order chi connectivity index (χ0) is 39.2. The highest BCUT2D eigenvalue weighted by Crippen LogP contribution is 2.22. The summed E-state index contributed by atoms with van der Waals surface area (Å²) in [7, 11) is 3.75. The van der Waals surface area contributed by atoms with Crippen LogP contribution in [0.25, 0.3) is 0 Å². The summed E-state index contributed by atoms with van der Waals surface area (Å²) in [5.41, 5.74) is 0. The molecule has 0 bridgehead atoms. The average Bonchev–Trinajstić information content (AvgIpc) is 3.13. The molecular weight excluding hydrogens is 674 g/mol. The molecule has 0 amide bonds. The molecule has 0 saturated heterocycles. The van der Waals surface area contributed by atoms with Crippen LogP contribution < -0.4 is 0 Å². The van der Waals surface area contributed by atoms with Gasteiger partial charge in [0, 0.05) is 12.5 Å². The molecule has 0 aromatic carbocycles. The third-order valence-corrected chi connectivity index (χ3v) is 9.10. The summed E-state index contributed by atoms with van der Waals surface area (Å²) in [5.74, 6) is -2.74. The zero-order valence-electron chi connectivity index (χ0n) is 34.5. The van der Waals surface area contributed by atoms with E-state index in [2.05, 4.69) is 45.1 Å². The van der Waals surface area contributed by atoms with Crippen molar-refractivity contribution in [3.63, 3.8) is 0 Å². The Morgan fingerprint density at radius 3 is 1.68 bits per heavy atom. The van der Waals surface area contributed by atoms with Gasteiger partial charge in [-0.15, -0.1) is 0 Å². The van der Waals surface area contributed by atoms with Crippen LogP contribution in [0, 0.1) is 11.8 Å². The van der Waals surface area contributed by atoms with Crippen LogP contribution in [0.15, 0.2) is 24.3 Å². The van der Waals surface area contributed by atoms with Crippen LogP contribution in [0.2, 0.25) is 0 Å². The van der Waals surface area contributed by atoms with Gasteiger partial charge in [-0.05, 0) is 71.9 Å². The van der Waals surface area contributed by atoms with Crippen molar-refractivity contribution in [1.82, 2.24) is 4.90 Å². The maximum atomic E-state index is 13.2. The van der Waals surface area contributed by atoms with Gasteiger partial charge < -0.3 is 33.7 Å². The molecule has 0 aromatic heterocycles. The van der Waals surface area contributed by atoms with Gasteiger partial charge in [-0.2, -0.15) is 0 Å². The lowest BCUT2D eigenvalue weighted by Gasteiger charge is -2.23. The molecule has 0 aliphatic carbocycles. The van der Waals surface area contributed by atoms with Crippen molar-refractivity contribution in [3.05, 3.63) is 24.3 Å². The van der Waals surface area contributed by atoms with Crippen molar-refractivity contribution < 1.29 is 43.2 Å². The molecule has 0 aliphatic rings. The highest BCUT2D eigenvalue weighted by Gasteiger charge is 2.27. The number of nitrogens with zero attached hydrogens (tertiary/aromatic N) is 1.